The molecular weight excluding hydrogens is 550 g/mol. The first-order valence-electron chi connectivity index (χ1n) is 15.5. The van der Waals surface area contributed by atoms with Crippen molar-refractivity contribution in [3.63, 3.8) is 0 Å². The van der Waals surface area contributed by atoms with Gasteiger partial charge in [0.25, 0.3) is 0 Å². The van der Waals surface area contributed by atoms with Crippen molar-refractivity contribution >= 4 is 11.5 Å². The van der Waals surface area contributed by atoms with Crippen molar-refractivity contribution in [1.82, 2.24) is 9.88 Å². The summed E-state index contributed by atoms with van der Waals surface area (Å²) in [6.07, 6.45) is 4.28. The molecule has 0 bridgehead atoms. The zero-order valence-corrected chi connectivity index (χ0v) is 26.2. The van der Waals surface area contributed by atoms with E-state index in [0.717, 1.165) is 66.7 Å². The minimum atomic E-state index is -1.26. The third-order valence-corrected chi connectivity index (χ3v) is 8.95. The molecule has 3 aliphatic rings. The molecule has 1 aromatic carbocycles. The first kappa shape index (κ1) is 31.3. The largest absolute Gasteiger partial charge is 0.495 e. The molecule has 0 amide bonds. The van der Waals surface area contributed by atoms with Gasteiger partial charge in [0.1, 0.15) is 11.6 Å². The minimum Gasteiger partial charge on any atom is -0.495 e. The maximum Gasteiger partial charge on any atom is 0.337 e. The Morgan fingerprint density at radius 2 is 2.02 bits per heavy atom. The van der Waals surface area contributed by atoms with Crippen LogP contribution in [0.3, 0.4) is 0 Å². The zero-order valence-electron chi connectivity index (χ0n) is 26.2. The number of carboxylic acids is 1. The summed E-state index contributed by atoms with van der Waals surface area (Å²) >= 11 is 0. The van der Waals surface area contributed by atoms with Crippen LogP contribution < -0.4 is 0 Å². The number of allylic oxidation sites excluding steroid dienone is 4. The third kappa shape index (κ3) is 6.70. The highest BCUT2D eigenvalue weighted by Gasteiger charge is 2.40. The molecule has 1 aliphatic carbocycles. The normalized spacial score (nSPS) is 21.5. The van der Waals surface area contributed by atoms with E-state index in [1.807, 2.05) is 39.8 Å². The molecule has 43 heavy (non-hydrogen) atoms. The Labute approximate surface area is 253 Å². The van der Waals surface area contributed by atoms with Crippen molar-refractivity contribution < 1.29 is 28.2 Å². The van der Waals surface area contributed by atoms with E-state index in [1.54, 1.807) is 19.1 Å². The molecule has 3 heterocycles. The maximum atomic E-state index is 15.7. The van der Waals surface area contributed by atoms with Crippen LogP contribution >= 0.6 is 0 Å². The number of carboxylic acid groups (broad SMARTS) is 1. The summed E-state index contributed by atoms with van der Waals surface area (Å²) in [6.45, 7) is 13.9. The number of hydrogen-bond donors (Lipinski definition) is 1. The molecule has 8 heteroatoms. The summed E-state index contributed by atoms with van der Waals surface area (Å²) in [5.74, 6) is -1.42. The Kier molecular flexibility index (Phi) is 9.10. The summed E-state index contributed by atoms with van der Waals surface area (Å²) in [5.41, 5.74) is 5.41. The monoisotopic (exact) mass is 594 g/mol. The number of ether oxygens (including phenoxy) is 2. The number of hydrogen-bond acceptors (Lipinski definition) is 5. The molecule has 2 aliphatic heterocycles. The second-order valence-corrected chi connectivity index (χ2v) is 13.3. The highest BCUT2D eigenvalue weighted by molar-refractivity contribution is 5.83. The lowest BCUT2D eigenvalue weighted by Crippen LogP contribution is -2.36. The number of aromatic nitrogens is 1. The van der Waals surface area contributed by atoms with Crippen LogP contribution in [0.25, 0.3) is 5.57 Å². The van der Waals surface area contributed by atoms with Crippen molar-refractivity contribution in [2.24, 2.45) is 11.8 Å². The average molecular weight is 595 g/mol. The van der Waals surface area contributed by atoms with Crippen molar-refractivity contribution in [2.45, 2.75) is 91.9 Å². The van der Waals surface area contributed by atoms with E-state index in [2.05, 4.69) is 11.8 Å². The number of carbonyl (C=O) groups is 1. The van der Waals surface area contributed by atoms with Crippen LogP contribution in [-0.4, -0.2) is 46.3 Å². The molecule has 2 aromatic rings. The van der Waals surface area contributed by atoms with E-state index in [9.17, 15) is 14.3 Å². The predicted molar refractivity (Wildman–Crippen MR) is 163 cm³/mol. The zero-order chi connectivity index (χ0) is 31.1. The molecule has 5 rings (SSSR count). The van der Waals surface area contributed by atoms with Crippen LogP contribution in [0.1, 0.15) is 92.3 Å². The predicted octanol–water partition coefficient (Wildman–Crippen LogP) is 7.41. The first-order valence-corrected chi connectivity index (χ1v) is 15.5. The number of aryl methyl sites for hydroxylation is 3. The molecule has 1 fully saturated rings. The van der Waals surface area contributed by atoms with Gasteiger partial charge in [-0.3, -0.25) is 9.88 Å². The van der Waals surface area contributed by atoms with E-state index in [0.29, 0.717) is 42.2 Å². The van der Waals surface area contributed by atoms with Gasteiger partial charge in [-0.15, -0.1) is 0 Å². The van der Waals surface area contributed by atoms with Gasteiger partial charge < -0.3 is 14.6 Å². The SMILES string of the molecule is Cc1ccc(CCCN2CCc3nc(C)c([C@H](OC(C)(C)C)C(=O)O)c(C4=CC(F)=C5OCCCC5C4C)c3C2)cc1F. The summed E-state index contributed by atoms with van der Waals surface area (Å²) in [4.78, 5) is 20.1. The van der Waals surface area contributed by atoms with Gasteiger partial charge in [-0.25, -0.2) is 13.6 Å². The second-order valence-electron chi connectivity index (χ2n) is 13.3. The van der Waals surface area contributed by atoms with E-state index >= 15 is 4.39 Å². The van der Waals surface area contributed by atoms with Gasteiger partial charge in [0.05, 0.1) is 12.2 Å². The van der Waals surface area contributed by atoms with E-state index in [1.165, 1.54) is 0 Å². The van der Waals surface area contributed by atoms with Gasteiger partial charge in [-0.2, -0.15) is 0 Å². The van der Waals surface area contributed by atoms with Gasteiger partial charge in [0, 0.05) is 42.4 Å². The fourth-order valence-corrected chi connectivity index (χ4v) is 6.79. The van der Waals surface area contributed by atoms with Crippen molar-refractivity contribution in [1.29, 1.82) is 0 Å². The van der Waals surface area contributed by atoms with Crippen LogP contribution in [0, 0.1) is 31.5 Å². The van der Waals surface area contributed by atoms with E-state index in [-0.39, 0.29) is 23.5 Å². The number of nitrogens with zero attached hydrogens (tertiary/aromatic N) is 2. The number of halogens is 2. The molecule has 1 N–H and O–H groups in total. The van der Waals surface area contributed by atoms with Crippen molar-refractivity contribution in [2.75, 3.05) is 19.7 Å². The van der Waals surface area contributed by atoms with Crippen LogP contribution in [0.4, 0.5) is 8.78 Å². The topological polar surface area (TPSA) is 71.9 Å². The summed E-state index contributed by atoms with van der Waals surface area (Å²) in [5, 5.41) is 10.4. The fourth-order valence-electron chi connectivity index (χ4n) is 6.79. The van der Waals surface area contributed by atoms with E-state index in [4.69, 9.17) is 14.5 Å². The molecule has 6 nitrogen and oxygen atoms in total. The number of aliphatic carboxylic acids is 1. The number of pyridine rings is 1. The van der Waals surface area contributed by atoms with Gasteiger partial charge in [-0.1, -0.05) is 19.1 Å². The van der Waals surface area contributed by atoms with Gasteiger partial charge in [-0.05, 0) is 113 Å². The molecule has 0 radical (unpaired) electrons. The highest BCUT2D eigenvalue weighted by Crippen LogP contribution is 2.48. The lowest BCUT2D eigenvalue weighted by molar-refractivity contribution is -0.160. The van der Waals surface area contributed by atoms with Crippen LogP contribution in [0.5, 0.6) is 0 Å². The molecular formula is C35H44F2N2O4. The highest BCUT2D eigenvalue weighted by atomic mass is 19.1. The van der Waals surface area contributed by atoms with Gasteiger partial charge in [0.2, 0.25) is 0 Å². The quantitative estimate of drug-likeness (QED) is 0.343. The Hall–Kier alpha value is -3.10. The summed E-state index contributed by atoms with van der Waals surface area (Å²) < 4.78 is 41.7. The maximum absolute atomic E-state index is 15.7. The molecule has 1 aromatic heterocycles. The molecule has 1 saturated heterocycles. The van der Waals surface area contributed by atoms with Crippen molar-refractivity contribution in [3.8, 4) is 0 Å². The van der Waals surface area contributed by atoms with Crippen molar-refractivity contribution in [3.05, 3.63) is 80.9 Å². The molecule has 0 spiro atoms. The van der Waals surface area contributed by atoms with E-state index < -0.39 is 17.7 Å². The Balaban J connectivity index is 1.55. The second kappa shape index (κ2) is 12.5. The fraction of sp³-hybridized carbons (Fsp3) is 0.543. The molecule has 3 atom stereocenters. The first-order chi connectivity index (χ1) is 20.3. The van der Waals surface area contributed by atoms with Crippen LogP contribution in [0.15, 0.2) is 35.9 Å². The third-order valence-electron chi connectivity index (χ3n) is 8.95. The van der Waals surface area contributed by atoms with Crippen LogP contribution in [0.2, 0.25) is 0 Å². The standard InChI is InChI=1S/C35H44F2N2O4/c1-20-11-12-23(17-27(20)36)9-7-14-39-15-13-29-26(19-39)31(25-18-28(37)32-24(21(25)2)10-8-16-42-32)30(22(3)38-29)33(34(40)41)43-35(4,5)6/h11-12,17-18,21,24,33H,7-10,13-16,19H2,1-6H3,(H,40,41)/t21?,24?,33-/m0/s1. The van der Waals surface area contributed by atoms with Gasteiger partial charge in [0.15, 0.2) is 11.9 Å². The Bertz CT molecular complexity index is 1460. The average Bonchev–Trinajstić information content (AvgIpc) is 2.95. The Morgan fingerprint density at radius 3 is 2.72 bits per heavy atom. The lowest BCUT2D eigenvalue weighted by atomic mass is 9.73. The van der Waals surface area contributed by atoms with Crippen LogP contribution in [-0.2, 0) is 33.7 Å². The number of benzene rings is 1. The summed E-state index contributed by atoms with van der Waals surface area (Å²) in [6, 6.07) is 5.41. The Morgan fingerprint density at radius 1 is 1.26 bits per heavy atom. The number of rotatable bonds is 8. The molecule has 0 saturated carbocycles. The molecule has 232 valence electrons. The number of fused-ring (bicyclic) bond motifs is 2. The summed E-state index contributed by atoms with van der Waals surface area (Å²) in [7, 11) is 0. The van der Waals surface area contributed by atoms with Gasteiger partial charge >= 0.3 is 5.97 Å². The lowest BCUT2D eigenvalue weighted by Gasteiger charge is -2.39. The smallest absolute Gasteiger partial charge is 0.337 e. The minimum absolute atomic E-state index is 0.0738. The molecule has 2 unspecified atom stereocenters.